The number of benzene rings is 1. The second kappa shape index (κ2) is 9.93. The van der Waals surface area contributed by atoms with Crippen LogP contribution in [-0.2, 0) is 4.79 Å². The van der Waals surface area contributed by atoms with Crippen molar-refractivity contribution < 1.29 is 9.53 Å². The van der Waals surface area contributed by atoms with Gasteiger partial charge in [0.15, 0.2) is 0 Å². The van der Waals surface area contributed by atoms with Gasteiger partial charge in [0.1, 0.15) is 5.75 Å². The van der Waals surface area contributed by atoms with E-state index in [4.69, 9.17) is 22.1 Å². The molecule has 0 saturated heterocycles. The number of hydrogen-bond acceptors (Lipinski definition) is 3. The molecule has 1 saturated carbocycles. The Kier molecular flexibility index (Phi) is 8.61. The van der Waals surface area contributed by atoms with Gasteiger partial charge in [0.2, 0.25) is 5.91 Å². The van der Waals surface area contributed by atoms with Gasteiger partial charge in [-0.2, -0.15) is 0 Å². The van der Waals surface area contributed by atoms with Crippen LogP contribution in [0.2, 0.25) is 5.02 Å². The van der Waals surface area contributed by atoms with Crippen LogP contribution in [0.3, 0.4) is 0 Å². The quantitative estimate of drug-likeness (QED) is 0.831. The zero-order chi connectivity index (χ0) is 15.1. The lowest BCUT2D eigenvalue weighted by molar-refractivity contribution is -0.122. The molecule has 2 unspecified atom stereocenters. The number of rotatable bonds is 6. The fourth-order valence-electron chi connectivity index (χ4n) is 2.75. The standard InChI is InChI=1S/C16H23ClN2O2.ClH/c17-13-5-7-14(8-6-13)21-10-9-16(20)19-15-4-2-1-3-12(15)11-18;/h5-8,12,15H,1-4,9-11,18H2,(H,19,20);1H. The summed E-state index contributed by atoms with van der Waals surface area (Å²) >= 11 is 5.80. The van der Waals surface area contributed by atoms with E-state index in [9.17, 15) is 4.79 Å². The molecule has 0 radical (unpaired) electrons. The number of ether oxygens (including phenoxy) is 1. The highest BCUT2D eigenvalue weighted by Gasteiger charge is 2.25. The lowest BCUT2D eigenvalue weighted by Gasteiger charge is -2.31. The molecule has 6 heteroatoms. The molecule has 4 nitrogen and oxygen atoms in total. The summed E-state index contributed by atoms with van der Waals surface area (Å²) in [5.41, 5.74) is 5.77. The first-order valence-electron chi connectivity index (χ1n) is 7.57. The van der Waals surface area contributed by atoms with Crippen LogP contribution >= 0.6 is 24.0 Å². The van der Waals surface area contributed by atoms with Gasteiger partial charge in [0.25, 0.3) is 0 Å². The van der Waals surface area contributed by atoms with E-state index in [1.54, 1.807) is 24.3 Å². The number of hydrogen-bond donors (Lipinski definition) is 2. The van der Waals surface area contributed by atoms with Gasteiger partial charge in [0.05, 0.1) is 13.0 Å². The molecule has 124 valence electrons. The summed E-state index contributed by atoms with van der Waals surface area (Å²) in [6, 6.07) is 7.36. The smallest absolute Gasteiger partial charge is 0.223 e. The number of nitrogens with one attached hydrogen (secondary N) is 1. The highest BCUT2D eigenvalue weighted by atomic mass is 35.5. The second-order valence-corrected chi connectivity index (χ2v) is 5.94. The highest BCUT2D eigenvalue weighted by Crippen LogP contribution is 2.23. The number of carbonyl (C=O) groups excluding carboxylic acids is 1. The minimum Gasteiger partial charge on any atom is -0.493 e. The zero-order valence-electron chi connectivity index (χ0n) is 12.6. The molecule has 1 amide bonds. The molecular formula is C16H24Cl2N2O2. The van der Waals surface area contributed by atoms with E-state index in [1.807, 2.05) is 0 Å². The maximum absolute atomic E-state index is 12.0. The predicted octanol–water partition coefficient (Wildman–Crippen LogP) is 3.16. The Hall–Kier alpha value is -0.970. The van der Waals surface area contributed by atoms with Gasteiger partial charge in [-0.3, -0.25) is 4.79 Å². The molecule has 1 aromatic rings. The normalized spacial score (nSPS) is 20.8. The average Bonchev–Trinajstić information content (AvgIpc) is 2.50. The SMILES string of the molecule is Cl.NCC1CCCCC1NC(=O)CCOc1ccc(Cl)cc1. The van der Waals surface area contributed by atoms with E-state index in [0.29, 0.717) is 30.5 Å². The molecule has 1 aromatic carbocycles. The summed E-state index contributed by atoms with van der Waals surface area (Å²) in [6.45, 7) is 1.01. The molecule has 0 bridgehead atoms. The van der Waals surface area contributed by atoms with E-state index in [2.05, 4.69) is 5.32 Å². The van der Waals surface area contributed by atoms with Crippen molar-refractivity contribution in [1.29, 1.82) is 0 Å². The average molecular weight is 347 g/mol. The highest BCUT2D eigenvalue weighted by molar-refractivity contribution is 6.30. The summed E-state index contributed by atoms with van der Waals surface area (Å²) in [4.78, 5) is 12.0. The van der Waals surface area contributed by atoms with Crippen LogP contribution in [0.15, 0.2) is 24.3 Å². The third-order valence-corrected chi connectivity index (χ3v) is 4.22. The summed E-state index contributed by atoms with van der Waals surface area (Å²) in [5, 5.41) is 3.77. The van der Waals surface area contributed by atoms with Crippen LogP contribution in [0.1, 0.15) is 32.1 Å². The summed E-state index contributed by atoms with van der Waals surface area (Å²) in [7, 11) is 0. The molecule has 0 aliphatic heterocycles. The van der Waals surface area contributed by atoms with Crippen LogP contribution in [0.4, 0.5) is 0 Å². The van der Waals surface area contributed by atoms with Crippen LogP contribution in [0.25, 0.3) is 0 Å². The molecular weight excluding hydrogens is 323 g/mol. The molecule has 0 aromatic heterocycles. The minimum absolute atomic E-state index is 0. The van der Waals surface area contributed by atoms with E-state index in [0.717, 1.165) is 18.6 Å². The van der Waals surface area contributed by atoms with Crippen LogP contribution in [-0.4, -0.2) is 25.1 Å². The predicted molar refractivity (Wildman–Crippen MR) is 91.8 cm³/mol. The Bertz CT molecular complexity index is 454. The second-order valence-electron chi connectivity index (χ2n) is 5.51. The van der Waals surface area contributed by atoms with Gasteiger partial charge >= 0.3 is 0 Å². The molecule has 2 atom stereocenters. The molecule has 2 rings (SSSR count). The number of halogens is 2. The number of nitrogens with two attached hydrogens (primary N) is 1. The van der Waals surface area contributed by atoms with Gasteiger partial charge in [-0.25, -0.2) is 0 Å². The Morgan fingerprint density at radius 2 is 1.95 bits per heavy atom. The monoisotopic (exact) mass is 346 g/mol. The number of carbonyl (C=O) groups is 1. The van der Waals surface area contributed by atoms with Gasteiger partial charge in [-0.15, -0.1) is 12.4 Å². The maximum atomic E-state index is 12.0. The van der Waals surface area contributed by atoms with Crippen molar-refractivity contribution in [3.63, 3.8) is 0 Å². The van der Waals surface area contributed by atoms with Crippen LogP contribution < -0.4 is 15.8 Å². The van der Waals surface area contributed by atoms with E-state index in [1.165, 1.54) is 12.8 Å². The van der Waals surface area contributed by atoms with Crippen LogP contribution in [0, 0.1) is 5.92 Å². The lowest BCUT2D eigenvalue weighted by atomic mass is 9.84. The topological polar surface area (TPSA) is 64.3 Å². The van der Waals surface area contributed by atoms with Gasteiger partial charge in [0, 0.05) is 11.1 Å². The molecule has 1 aliphatic rings. The van der Waals surface area contributed by atoms with Gasteiger partial charge in [-0.1, -0.05) is 24.4 Å². The third-order valence-electron chi connectivity index (χ3n) is 3.97. The molecule has 3 N–H and O–H groups in total. The molecule has 1 fully saturated rings. The Morgan fingerprint density at radius 1 is 1.27 bits per heavy atom. The Morgan fingerprint density at radius 3 is 2.64 bits per heavy atom. The summed E-state index contributed by atoms with van der Waals surface area (Å²) in [6.07, 6.45) is 4.89. The lowest BCUT2D eigenvalue weighted by Crippen LogP contribution is -2.45. The fraction of sp³-hybridized carbons (Fsp3) is 0.562. The van der Waals surface area contributed by atoms with Gasteiger partial charge < -0.3 is 15.8 Å². The van der Waals surface area contributed by atoms with Crippen molar-refractivity contribution in [3.05, 3.63) is 29.3 Å². The fourth-order valence-corrected chi connectivity index (χ4v) is 2.88. The maximum Gasteiger partial charge on any atom is 0.223 e. The van der Waals surface area contributed by atoms with Crippen LogP contribution in [0.5, 0.6) is 5.75 Å². The zero-order valence-corrected chi connectivity index (χ0v) is 14.2. The molecule has 22 heavy (non-hydrogen) atoms. The first kappa shape index (κ1) is 19.1. The number of amides is 1. The van der Waals surface area contributed by atoms with Crippen molar-refractivity contribution in [3.8, 4) is 5.75 Å². The minimum atomic E-state index is 0. The van der Waals surface area contributed by atoms with Gasteiger partial charge in [-0.05, 0) is 49.6 Å². The summed E-state index contributed by atoms with van der Waals surface area (Å²) in [5.74, 6) is 1.18. The Balaban J connectivity index is 0.00000242. The summed E-state index contributed by atoms with van der Waals surface area (Å²) < 4.78 is 5.53. The largest absolute Gasteiger partial charge is 0.493 e. The molecule has 1 aliphatic carbocycles. The van der Waals surface area contributed by atoms with Crippen molar-refractivity contribution >= 4 is 29.9 Å². The first-order chi connectivity index (χ1) is 10.2. The van der Waals surface area contributed by atoms with Crippen molar-refractivity contribution in [2.45, 2.75) is 38.1 Å². The first-order valence-corrected chi connectivity index (χ1v) is 7.94. The molecule has 0 spiro atoms. The van der Waals surface area contributed by atoms with E-state index >= 15 is 0 Å². The third kappa shape index (κ3) is 6.03. The van der Waals surface area contributed by atoms with E-state index in [-0.39, 0.29) is 24.4 Å². The van der Waals surface area contributed by atoms with E-state index < -0.39 is 0 Å². The van der Waals surface area contributed by atoms with Crippen molar-refractivity contribution in [2.75, 3.05) is 13.2 Å². The molecule has 0 heterocycles. The van der Waals surface area contributed by atoms with Crippen molar-refractivity contribution in [2.24, 2.45) is 11.7 Å². The van der Waals surface area contributed by atoms with Crippen molar-refractivity contribution in [1.82, 2.24) is 5.32 Å². The Labute approximate surface area is 143 Å².